The molecule has 0 fully saturated rings. The lowest BCUT2D eigenvalue weighted by Gasteiger charge is -2.18. The molecule has 2 rings (SSSR count). The van der Waals surface area contributed by atoms with Crippen LogP contribution in [-0.2, 0) is 4.79 Å². The number of benzene rings is 2. The number of methoxy groups -OCH3 is 2. The van der Waals surface area contributed by atoms with E-state index in [4.69, 9.17) is 9.47 Å². The average Bonchev–Trinajstić information content (AvgIpc) is 2.73. The lowest BCUT2D eigenvalue weighted by Crippen LogP contribution is -2.33. The van der Waals surface area contributed by atoms with Crippen LogP contribution in [0.15, 0.2) is 48.5 Å². The van der Waals surface area contributed by atoms with Crippen LogP contribution >= 0.6 is 0 Å². The first-order valence-electron chi connectivity index (χ1n) is 8.45. The molecule has 2 amide bonds. The molecule has 0 aliphatic carbocycles. The second kappa shape index (κ2) is 9.75. The van der Waals surface area contributed by atoms with Crippen LogP contribution in [0, 0.1) is 28.6 Å². The van der Waals surface area contributed by atoms with Gasteiger partial charge in [0.1, 0.15) is 23.0 Å². The zero-order chi connectivity index (χ0) is 20.5. The smallest absolute Gasteiger partial charge is 0.265 e. The molecule has 7 heteroatoms. The molecule has 1 atom stereocenters. The number of rotatable bonds is 7. The van der Waals surface area contributed by atoms with E-state index in [1.54, 1.807) is 48.5 Å². The monoisotopic (exact) mass is 377 g/mol. The number of carbonyl (C=O) groups is 2. The van der Waals surface area contributed by atoms with Gasteiger partial charge in [0, 0.05) is 12.3 Å². The fraction of sp³-hybridized carbons (Fsp3) is 0.238. The van der Waals surface area contributed by atoms with Gasteiger partial charge in [0.15, 0.2) is 0 Å². The number of hydrogen-bond acceptors (Lipinski definition) is 6. The average molecular weight is 377 g/mol. The van der Waals surface area contributed by atoms with Gasteiger partial charge in [-0.05, 0) is 17.7 Å². The number of nitrogens with zero attached hydrogens (tertiary/aromatic N) is 2. The molecule has 2 aromatic carbocycles. The Morgan fingerprint density at radius 1 is 0.964 bits per heavy atom. The summed E-state index contributed by atoms with van der Waals surface area (Å²) >= 11 is 0. The highest BCUT2D eigenvalue weighted by molar-refractivity contribution is 6.08. The fourth-order valence-electron chi connectivity index (χ4n) is 2.85. The minimum atomic E-state index is -1.02. The second-order valence-corrected chi connectivity index (χ2v) is 5.87. The highest BCUT2D eigenvalue weighted by Crippen LogP contribution is 2.29. The van der Waals surface area contributed by atoms with Crippen LogP contribution in [0.25, 0.3) is 0 Å². The molecule has 0 unspecified atom stereocenters. The SMILES string of the molecule is COc1cccc(OC)c1C(=O)NC(=O)C[C@H](c1ccccc1)C(C#N)C#N. The molecular formula is C21H19N3O4. The molecule has 142 valence electrons. The minimum Gasteiger partial charge on any atom is -0.496 e. The van der Waals surface area contributed by atoms with Gasteiger partial charge >= 0.3 is 0 Å². The van der Waals surface area contributed by atoms with Crippen molar-refractivity contribution in [3.05, 3.63) is 59.7 Å². The molecule has 0 saturated heterocycles. The largest absolute Gasteiger partial charge is 0.496 e. The van der Waals surface area contributed by atoms with E-state index in [1.807, 2.05) is 12.1 Å². The summed E-state index contributed by atoms with van der Waals surface area (Å²) in [4.78, 5) is 25.1. The summed E-state index contributed by atoms with van der Waals surface area (Å²) in [6, 6.07) is 17.4. The van der Waals surface area contributed by atoms with Crippen molar-refractivity contribution in [2.75, 3.05) is 14.2 Å². The van der Waals surface area contributed by atoms with Crippen LogP contribution < -0.4 is 14.8 Å². The Bertz CT molecular complexity index is 893. The predicted octanol–water partition coefficient (Wildman–Crippen LogP) is 2.80. The maximum absolute atomic E-state index is 12.6. The molecule has 7 nitrogen and oxygen atoms in total. The van der Waals surface area contributed by atoms with E-state index in [9.17, 15) is 20.1 Å². The Morgan fingerprint density at radius 3 is 2.04 bits per heavy atom. The molecule has 0 spiro atoms. The lowest BCUT2D eigenvalue weighted by molar-refractivity contribution is -0.120. The number of imide groups is 1. The molecule has 2 aromatic rings. The molecule has 0 aliphatic heterocycles. The third-order valence-electron chi connectivity index (χ3n) is 4.22. The molecule has 0 radical (unpaired) electrons. The summed E-state index contributed by atoms with van der Waals surface area (Å²) in [6.07, 6.45) is -0.195. The Labute approximate surface area is 163 Å². The summed E-state index contributed by atoms with van der Waals surface area (Å²) in [7, 11) is 2.81. The molecule has 0 heterocycles. The number of amides is 2. The standard InChI is InChI=1S/C21H19N3O4/c1-27-17-9-6-10-18(28-2)20(17)21(26)24-19(25)11-16(15(12-22)13-23)14-7-4-3-5-8-14/h3-10,15-16H,11H2,1-2H3,(H,24,25,26)/t16-/m1/s1. The summed E-state index contributed by atoms with van der Waals surface area (Å²) in [5.41, 5.74) is 0.766. The van der Waals surface area contributed by atoms with Crippen molar-refractivity contribution >= 4 is 11.8 Å². The van der Waals surface area contributed by atoms with E-state index < -0.39 is 23.7 Å². The molecular weight excluding hydrogens is 358 g/mol. The molecule has 0 bridgehead atoms. The van der Waals surface area contributed by atoms with Crippen molar-refractivity contribution in [3.63, 3.8) is 0 Å². The van der Waals surface area contributed by atoms with Crippen LogP contribution in [0.5, 0.6) is 11.5 Å². The van der Waals surface area contributed by atoms with Gasteiger partial charge in [-0.2, -0.15) is 10.5 Å². The van der Waals surface area contributed by atoms with Crippen molar-refractivity contribution in [1.82, 2.24) is 5.32 Å². The first-order chi connectivity index (χ1) is 13.5. The van der Waals surface area contributed by atoms with Crippen molar-refractivity contribution in [2.24, 2.45) is 5.92 Å². The van der Waals surface area contributed by atoms with E-state index in [1.165, 1.54) is 14.2 Å². The predicted molar refractivity (Wildman–Crippen MR) is 101 cm³/mol. The molecule has 0 aliphatic rings. The van der Waals surface area contributed by atoms with Crippen LogP contribution in [-0.4, -0.2) is 26.0 Å². The van der Waals surface area contributed by atoms with Crippen molar-refractivity contribution in [1.29, 1.82) is 10.5 Å². The van der Waals surface area contributed by atoms with Gasteiger partial charge in [-0.3, -0.25) is 14.9 Å². The lowest BCUT2D eigenvalue weighted by atomic mass is 9.85. The van der Waals surface area contributed by atoms with Gasteiger partial charge in [-0.1, -0.05) is 36.4 Å². The maximum atomic E-state index is 12.6. The van der Waals surface area contributed by atoms with Gasteiger partial charge in [-0.25, -0.2) is 0 Å². The van der Waals surface area contributed by atoms with E-state index >= 15 is 0 Å². The van der Waals surface area contributed by atoms with Gasteiger partial charge in [0.25, 0.3) is 5.91 Å². The minimum absolute atomic E-state index is 0.0919. The third-order valence-corrected chi connectivity index (χ3v) is 4.22. The fourth-order valence-corrected chi connectivity index (χ4v) is 2.85. The second-order valence-electron chi connectivity index (χ2n) is 5.87. The Balaban J connectivity index is 2.23. The summed E-state index contributed by atoms with van der Waals surface area (Å²) < 4.78 is 10.4. The van der Waals surface area contributed by atoms with Crippen LogP contribution in [0.1, 0.15) is 28.3 Å². The van der Waals surface area contributed by atoms with Crippen LogP contribution in [0.2, 0.25) is 0 Å². The number of ether oxygens (including phenoxy) is 2. The number of hydrogen-bond donors (Lipinski definition) is 1. The molecule has 1 N–H and O–H groups in total. The van der Waals surface area contributed by atoms with Crippen molar-refractivity contribution in [3.8, 4) is 23.6 Å². The van der Waals surface area contributed by atoms with Crippen molar-refractivity contribution in [2.45, 2.75) is 12.3 Å². The molecule has 0 saturated carbocycles. The van der Waals surface area contributed by atoms with Crippen LogP contribution in [0.4, 0.5) is 0 Å². The van der Waals surface area contributed by atoms with Crippen molar-refractivity contribution < 1.29 is 19.1 Å². The van der Waals surface area contributed by atoms with Gasteiger partial charge in [-0.15, -0.1) is 0 Å². The first kappa shape index (κ1) is 20.5. The van der Waals surface area contributed by atoms with E-state index in [-0.39, 0.29) is 23.5 Å². The Morgan fingerprint density at radius 2 is 1.54 bits per heavy atom. The Kier molecular flexibility index (Phi) is 7.13. The Hall–Kier alpha value is -3.84. The summed E-state index contributed by atoms with van der Waals surface area (Å²) in [5, 5.41) is 20.8. The highest BCUT2D eigenvalue weighted by atomic mass is 16.5. The molecule has 28 heavy (non-hydrogen) atoms. The quantitative estimate of drug-likeness (QED) is 0.794. The maximum Gasteiger partial charge on any atom is 0.265 e. The van der Waals surface area contributed by atoms with E-state index in [0.29, 0.717) is 5.56 Å². The number of carbonyl (C=O) groups excluding carboxylic acids is 2. The summed E-state index contributed by atoms with van der Waals surface area (Å²) in [6.45, 7) is 0. The zero-order valence-corrected chi connectivity index (χ0v) is 15.5. The number of nitrogens with one attached hydrogen (secondary N) is 1. The first-order valence-corrected chi connectivity index (χ1v) is 8.45. The normalized spacial score (nSPS) is 11.0. The topological polar surface area (TPSA) is 112 Å². The zero-order valence-electron chi connectivity index (χ0n) is 15.5. The van der Waals surface area contributed by atoms with E-state index in [2.05, 4.69) is 5.32 Å². The number of nitriles is 2. The van der Waals surface area contributed by atoms with E-state index in [0.717, 1.165) is 0 Å². The molecule has 0 aromatic heterocycles. The van der Waals surface area contributed by atoms with Gasteiger partial charge in [0.05, 0.1) is 26.4 Å². The van der Waals surface area contributed by atoms with Gasteiger partial charge < -0.3 is 9.47 Å². The highest BCUT2D eigenvalue weighted by Gasteiger charge is 2.27. The third kappa shape index (κ3) is 4.66. The van der Waals surface area contributed by atoms with Crippen LogP contribution in [0.3, 0.4) is 0 Å². The van der Waals surface area contributed by atoms with Gasteiger partial charge in [0.2, 0.25) is 5.91 Å². The summed E-state index contributed by atoms with van der Waals surface area (Å²) in [5.74, 6) is -2.46.